The van der Waals surface area contributed by atoms with Gasteiger partial charge in [-0.15, -0.1) is 0 Å². The molecule has 2 rings (SSSR count). The number of nitrogens with two attached hydrogens (primary N) is 1. The fraction of sp³-hybridized carbons (Fsp3) is 1.00. The van der Waals surface area contributed by atoms with Crippen LogP contribution in [0, 0.1) is 17.3 Å². The van der Waals surface area contributed by atoms with Crippen LogP contribution in [0.15, 0.2) is 0 Å². The van der Waals surface area contributed by atoms with E-state index < -0.39 is 5.60 Å². The largest absolute Gasteiger partial charge is 0.389 e. The molecule has 2 fully saturated rings. The van der Waals surface area contributed by atoms with Gasteiger partial charge in [0.25, 0.3) is 0 Å². The fourth-order valence-corrected chi connectivity index (χ4v) is 4.43. The van der Waals surface area contributed by atoms with E-state index in [1.54, 1.807) is 0 Å². The summed E-state index contributed by atoms with van der Waals surface area (Å²) in [5.74, 6) is 1.30. The molecule has 2 aliphatic carbocycles. The minimum absolute atomic E-state index is 0.0245. The molecule has 3 N–H and O–H groups in total. The quantitative estimate of drug-likeness (QED) is 0.795. The highest BCUT2D eigenvalue weighted by Gasteiger charge is 2.55. The maximum Gasteiger partial charge on any atom is 0.0743 e. The molecule has 0 spiro atoms. The molecule has 0 aliphatic heterocycles. The molecule has 0 aromatic carbocycles. The lowest BCUT2D eigenvalue weighted by Crippen LogP contribution is -2.56. The van der Waals surface area contributed by atoms with Crippen LogP contribution in [-0.2, 0) is 0 Å². The van der Waals surface area contributed by atoms with Crippen molar-refractivity contribution in [2.24, 2.45) is 23.0 Å². The van der Waals surface area contributed by atoms with Gasteiger partial charge in [-0.25, -0.2) is 0 Å². The van der Waals surface area contributed by atoms with E-state index in [9.17, 15) is 5.11 Å². The van der Waals surface area contributed by atoms with E-state index in [1.165, 1.54) is 25.7 Å². The van der Waals surface area contributed by atoms with Gasteiger partial charge in [0.2, 0.25) is 0 Å². The third-order valence-electron chi connectivity index (χ3n) is 5.82. The highest BCUT2D eigenvalue weighted by Crippen LogP contribution is 2.55. The van der Waals surface area contributed by atoms with Gasteiger partial charge in [0.05, 0.1) is 5.60 Å². The first-order valence-electron chi connectivity index (χ1n) is 7.50. The number of hydrogen-bond donors (Lipinski definition) is 2. The van der Waals surface area contributed by atoms with E-state index in [0.29, 0.717) is 12.5 Å². The zero-order valence-corrected chi connectivity index (χ0v) is 11.5. The molecule has 100 valence electrons. The molecule has 0 radical (unpaired) electrons. The minimum Gasteiger partial charge on any atom is -0.389 e. The lowest BCUT2D eigenvalue weighted by Gasteiger charge is -2.51. The Labute approximate surface area is 106 Å². The Hall–Kier alpha value is -0.0800. The lowest BCUT2D eigenvalue weighted by atomic mass is 9.58. The molecule has 0 aromatic rings. The summed E-state index contributed by atoms with van der Waals surface area (Å²) in [6.45, 7) is 5.22. The van der Waals surface area contributed by atoms with Crippen molar-refractivity contribution >= 4 is 0 Å². The van der Waals surface area contributed by atoms with Crippen LogP contribution in [0.1, 0.15) is 65.2 Å². The smallest absolute Gasteiger partial charge is 0.0743 e. The SMILES string of the molecule is CCC1CCCC1(O)C1(CN)CCC(C)CC1. The molecular weight excluding hydrogens is 210 g/mol. The van der Waals surface area contributed by atoms with E-state index in [1.807, 2.05) is 0 Å². The fourth-order valence-electron chi connectivity index (χ4n) is 4.43. The normalized spacial score (nSPS) is 47.3. The van der Waals surface area contributed by atoms with Crippen molar-refractivity contribution in [3.8, 4) is 0 Å². The van der Waals surface area contributed by atoms with Gasteiger partial charge in [-0.1, -0.05) is 39.5 Å². The Bertz CT molecular complexity index is 258. The molecule has 2 saturated carbocycles. The summed E-state index contributed by atoms with van der Waals surface area (Å²) in [5.41, 5.74) is 5.67. The first kappa shape index (κ1) is 13.4. The summed E-state index contributed by atoms with van der Waals surface area (Å²) in [6.07, 6.45) is 9.24. The molecule has 2 aliphatic rings. The van der Waals surface area contributed by atoms with Gasteiger partial charge < -0.3 is 10.8 Å². The maximum atomic E-state index is 11.2. The summed E-state index contributed by atoms with van der Waals surface area (Å²) in [4.78, 5) is 0. The van der Waals surface area contributed by atoms with Crippen LogP contribution in [0.2, 0.25) is 0 Å². The molecule has 2 atom stereocenters. The molecule has 0 aromatic heterocycles. The Morgan fingerprint density at radius 1 is 1.18 bits per heavy atom. The van der Waals surface area contributed by atoms with Crippen LogP contribution in [0.25, 0.3) is 0 Å². The topological polar surface area (TPSA) is 46.2 Å². The van der Waals surface area contributed by atoms with Gasteiger partial charge in [-0.2, -0.15) is 0 Å². The van der Waals surface area contributed by atoms with Gasteiger partial charge in [-0.05, 0) is 37.5 Å². The molecule has 2 unspecified atom stereocenters. The van der Waals surface area contributed by atoms with Crippen molar-refractivity contribution in [1.82, 2.24) is 0 Å². The molecule has 0 amide bonds. The highest BCUT2D eigenvalue weighted by atomic mass is 16.3. The first-order valence-corrected chi connectivity index (χ1v) is 7.50. The minimum atomic E-state index is -0.462. The van der Waals surface area contributed by atoms with Gasteiger partial charge in [0.1, 0.15) is 0 Å². The van der Waals surface area contributed by atoms with E-state index in [0.717, 1.165) is 31.6 Å². The standard InChI is InChI=1S/C15H29NO/c1-3-13-5-4-8-15(13,17)14(11-16)9-6-12(2)7-10-14/h12-13,17H,3-11,16H2,1-2H3. The van der Waals surface area contributed by atoms with Gasteiger partial charge in [0.15, 0.2) is 0 Å². The van der Waals surface area contributed by atoms with Crippen LogP contribution in [0.4, 0.5) is 0 Å². The second-order valence-electron chi connectivity index (χ2n) is 6.59. The van der Waals surface area contributed by atoms with Crippen LogP contribution < -0.4 is 5.73 Å². The maximum absolute atomic E-state index is 11.2. The Balaban J connectivity index is 2.22. The first-order chi connectivity index (χ1) is 8.08. The predicted octanol–water partition coefficient (Wildman–Crippen LogP) is 3.08. The van der Waals surface area contributed by atoms with Gasteiger partial charge >= 0.3 is 0 Å². The van der Waals surface area contributed by atoms with Gasteiger partial charge in [0, 0.05) is 12.0 Å². The van der Waals surface area contributed by atoms with Crippen molar-refractivity contribution < 1.29 is 5.11 Å². The van der Waals surface area contributed by atoms with Crippen LogP contribution in [0.5, 0.6) is 0 Å². The lowest BCUT2D eigenvalue weighted by molar-refractivity contribution is -0.129. The van der Waals surface area contributed by atoms with E-state index in [-0.39, 0.29) is 5.41 Å². The van der Waals surface area contributed by atoms with Crippen molar-refractivity contribution in [2.75, 3.05) is 6.54 Å². The average Bonchev–Trinajstić information content (AvgIpc) is 2.73. The van der Waals surface area contributed by atoms with Gasteiger partial charge in [-0.3, -0.25) is 0 Å². The number of rotatable bonds is 3. The Kier molecular flexibility index (Phi) is 3.84. The van der Waals surface area contributed by atoms with Crippen molar-refractivity contribution in [1.29, 1.82) is 0 Å². The summed E-state index contributed by atoms with van der Waals surface area (Å²) >= 11 is 0. The van der Waals surface area contributed by atoms with Crippen molar-refractivity contribution in [3.05, 3.63) is 0 Å². The molecule has 2 heteroatoms. The summed E-state index contributed by atoms with van der Waals surface area (Å²) in [5, 5.41) is 11.2. The Morgan fingerprint density at radius 2 is 1.82 bits per heavy atom. The molecule has 2 nitrogen and oxygen atoms in total. The van der Waals surface area contributed by atoms with E-state index in [4.69, 9.17) is 5.73 Å². The second-order valence-corrected chi connectivity index (χ2v) is 6.59. The molecule has 0 saturated heterocycles. The van der Waals surface area contributed by atoms with Crippen LogP contribution in [-0.4, -0.2) is 17.3 Å². The van der Waals surface area contributed by atoms with Crippen LogP contribution in [0.3, 0.4) is 0 Å². The molecule has 0 heterocycles. The predicted molar refractivity (Wildman–Crippen MR) is 71.7 cm³/mol. The summed E-state index contributed by atoms with van der Waals surface area (Å²) in [6, 6.07) is 0. The third-order valence-corrected chi connectivity index (χ3v) is 5.82. The summed E-state index contributed by atoms with van der Waals surface area (Å²) in [7, 11) is 0. The monoisotopic (exact) mass is 239 g/mol. The van der Waals surface area contributed by atoms with E-state index >= 15 is 0 Å². The zero-order valence-electron chi connectivity index (χ0n) is 11.5. The van der Waals surface area contributed by atoms with Crippen molar-refractivity contribution in [3.63, 3.8) is 0 Å². The third kappa shape index (κ3) is 2.04. The summed E-state index contributed by atoms with van der Waals surface area (Å²) < 4.78 is 0. The zero-order chi connectivity index (χ0) is 12.5. The second kappa shape index (κ2) is 4.89. The highest BCUT2D eigenvalue weighted by molar-refractivity contribution is 5.07. The van der Waals surface area contributed by atoms with Crippen LogP contribution >= 0.6 is 0 Å². The molecule has 17 heavy (non-hydrogen) atoms. The Morgan fingerprint density at radius 3 is 2.35 bits per heavy atom. The number of hydrogen-bond acceptors (Lipinski definition) is 2. The molecular formula is C15H29NO. The molecule has 0 bridgehead atoms. The average molecular weight is 239 g/mol. The number of aliphatic hydroxyl groups is 1. The van der Waals surface area contributed by atoms with E-state index in [2.05, 4.69) is 13.8 Å². The van der Waals surface area contributed by atoms with Crippen molar-refractivity contribution in [2.45, 2.75) is 70.8 Å².